The van der Waals surface area contributed by atoms with Gasteiger partial charge in [-0.25, -0.2) is 4.98 Å². The van der Waals surface area contributed by atoms with Crippen LogP contribution in [0.1, 0.15) is 29.9 Å². The van der Waals surface area contributed by atoms with Gasteiger partial charge in [-0.2, -0.15) is 13.2 Å². The fraction of sp³-hybridized carbons (Fsp3) is 0.238. The molecule has 3 aromatic heterocycles. The van der Waals surface area contributed by atoms with Gasteiger partial charge in [0.1, 0.15) is 16.4 Å². The number of nitrogens with one attached hydrogen (secondary N) is 1. The Morgan fingerprint density at radius 1 is 1.23 bits per heavy atom. The molecule has 0 bridgehead atoms. The molecule has 0 aliphatic rings. The van der Waals surface area contributed by atoms with Crippen molar-refractivity contribution >= 4 is 21.6 Å². The number of aromatic nitrogens is 2. The molecule has 0 fully saturated rings. The van der Waals surface area contributed by atoms with Crippen molar-refractivity contribution in [3.05, 3.63) is 75.3 Å². The maximum absolute atomic E-state index is 12.7. The Balaban J connectivity index is 1.57. The van der Waals surface area contributed by atoms with Gasteiger partial charge in [0.2, 0.25) is 0 Å². The van der Waals surface area contributed by atoms with Crippen molar-refractivity contribution in [3.63, 3.8) is 0 Å². The van der Waals surface area contributed by atoms with E-state index in [1.54, 1.807) is 18.4 Å². The molecule has 5 nitrogen and oxygen atoms in total. The molecule has 0 aliphatic heterocycles. The first-order valence-corrected chi connectivity index (χ1v) is 10.0. The van der Waals surface area contributed by atoms with Gasteiger partial charge in [-0.15, -0.1) is 11.3 Å². The molecule has 3 heterocycles. The van der Waals surface area contributed by atoms with Crippen LogP contribution < -0.4 is 5.56 Å². The van der Waals surface area contributed by atoms with E-state index in [0.29, 0.717) is 33.9 Å². The fourth-order valence-corrected chi connectivity index (χ4v) is 4.14. The van der Waals surface area contributed by atoms with Crippen LogP contribution in [-0.2, 0) is 12.7 Å². The number of hydrogen-bond acceptors (Lipinski definition) is 5. The highest BCUT2D eigenvalue weighted by Crippen LogP contribution is 2.32. The minimum absolute atomic E-state index is 0.251. The molecule has 1 aromatic carbocycles. The molecule has 0 spiro atoms. The van der Waals surface area contributed by atoms with Gasteiger partial charge in [0.05, 0.1) is 23.3 Å². The number of benzene rings is 1. The van der Waals surface area contributed by atoms with Crippen molar-refractivity contribution in [3.8, 4) is 11.3 Å². The van der Waals surface area contributed by atoms with E-state index < -0.39 is 11.7 Å². The molecule has 30 heavy (non-hydrogen) atoms. The highest BCUT2D eigenvalue weighted by Gasteiger charge is 2.30. The van der Waals surface area contributed by atoms with E-state index >= 15 is 0 Å². The van der Waals surface area contributed by atoms with Gasteiger partial charge < -0.3 is 9.40 Å². The Morgan fingerprint density at radius 3 is 2.60 bits per heavy atom. The summed E-state index contributed by atoms with van der Waals surface area (Å²) in [7, 11) is 1.83. The Morgan fingerprint density at radius 2 is 1.97 bits per heavy atom. The number of halogens is 3. The monoisotopic (exact) mass is 433 g/mol. The molecule has 1 N–H and O–H groups in total. The molecule has 0 unspecified atom stereocenters. The second kappa shape index (κ2) is 7.73. The van der Waals surface area contributed by atoms with Crippen molar-refractivity contribution in [2.45, 2.75) is 25.7 Å². The Labute approximate surface area is 173 Å². The van der Waals surface area contributed by atoms with Crippen LogP contribution in [0.5, 0.6) is 0 Å². The minimum Gasteiger partial charge on any atom is -0.464 e. The third-order valence-electron chi connectivity index (χ3n) is 5.02. The van der Waals surface area contributed by atoms with Gasteiger partial charge >= 0.3 is 6.18 Å². The molecule has 0 saturated carbocycles. The van der Waals surface area contributed by atoms with E-state index in [4.69, 9.17) is 4.42 Å². The lowest BCUT2D eigenvalue weighted by molar-refractivity contribution is -0.137. The number of aromatic amines is 1. The van der Waals surface area contributed by atoms with Crippen molar-refractivity contribution < 1.29 is 17.6 Å². The van der Waals surface area contributed by atoms with Crippen LogP contribution in [0.25, 0.3) is 21.5 Å². The third kappa shape index (κ3) is 3.90. The quantitative estimate of drug-likeness (QED) is 0.454. The molecule has 0 amide bonds. The average molecular weight is 433 g/mol. The molecule has 156 valence electrons. The van der Waals surface area contributed by atoms with E-state index in [-0.39, 0.29) is 11.6 Å². The Bertz CT molecular complexity index is 1210. The summed E-state index contributed by atoms with van der Waals surface area (Å²) in [5.74, 6) is 1.10. The highest BCUT2D eigenvalue weighted by atomic mass is 32.1. The largest absolute Gasteiger partial charge is 0.464 e. The fourth-order valence-electron chi connectivity index (χ4n) is 3.21. The first kappa shape index (κ1) is 20.4. The van der Waals surface area contributed by atoms with Crippen molar-refractivity contribution in [2.75, 3.05) is 7.05 Å². The average Bonchev–Trinajstić information content (AvgIpc) is 3.36. The van der Waals surface area contributed by atoms with E-state index in [1.165, 1.54) is 23.5 Å². The summed E-state index contributed by atoms with van der Waals surface area (Å²) in [5.41, 5.74) is 0.504. The van der Waals surface area contributed by atoms with Crippen LogP contribution in [0.2, 0.25) is 0 Å². The zero-order valence-electron chi connectivity index (χ0n) is 16.2. The van der Waals surface area contributed by atoms with Crippen molar-refractivity contribution in [1.82, 2.24) is 14.9 Å². The van der Waals surface area contributed by atoms with Gasteiger partial charge in [-0.1, -0.05) is 12.1 Å². The summed E-state index contributed by atoms with van der Waals surface area (Å²) in [4.78, 5) is 22.7. The zero-order valence-corrected chi connectivity index (χ0v) is 17.0. The summed E-state index contributed by atoms with van der Waals surface area (Å²) < 4.78 is 43.6. The van der Waals surface area contributed by atoms with Gasteiger partial charge in [0.15, 0.2) is 0 Å². The molecule has 4 rings (SSSR count). The van der Waals surface area contributed by atoms with Crippen LogP contribution in [0.4, 0.5) is 13.2 Å². The predicted molar refractivity (Wildman–Crippen MR) is 109 cm³/mol. The first-order chi connectivity index (χ1) is 14.2. The number of rotatable bonds is 5. The predicted octanol–water partition coefficient (Wildman–Crippen LogP) is 5.46. The second-order valence-electron chi connectivity index (χ2n) is 7.04. The van der Waals surface area contributed by atoms with Crippen molar-refractivity contribution in [1.29, 1.82) is 0 Å². The van der Waals surface area contributed by atoms with E-state index in [1.807, 2.05) is 24.3 Å². The van der Waals surface area contributed by atoms with Crippen LogP contribution in [0, 0.1) is 0 Å². The number of fused-ring (bicyclic) bond motifs is 1. The maximum Gasteiger partial charge on any atom is 0.416 e. The summed E-state index contributed by atoms with van der Waals surface area (Å²) >= 11 is 1.36. The van der Waals surface area contributed by atoms with Gasteiger partial charge in [0, 0.05) is 17.5 Å². The highest BCUT2D eigenvalue weighted by molar-refractivity contribution is 7.17. The Kier molecular flexibility index (Phi) is 5.25. The summed E-state index contributed by atoms with van der Waals surface area (Å²) in [6.07, 6.45) is -2.81. The molecule has 0 radical (unpaired) electrons. The summed E-state index contributed by atoms with van der Waals surface area (Å²) in [6.45, 7) is 2.29. The van der Waals surface area contributed by atoms with E-state index in [2.05, 4.69) is 9.97 Å². The number of hydrogen-bond donors (Lipinski definition) is 1. The van der Waals surface area contributed by atoms with E-state index in [9.17, 15) is 18.0 Å². The normalized spacial score (nSPS) is 13.3. The van der Waals surface area contributed by atoms with Crippen LogP contribution in [0.3, 0.4) is 0 Å². The first-order valence-electron chi connectivity index (χ1n) is 9.15. The maximum atomic E-state index is 12.7. The number of thiophene rings is 1. The topological polar surface area (TPSA) is 62.1 Å². The van der Waals surface area contributed by atoms with Crippen LogP contribution in [0.15, 0.2) is 57.3 Å². The summed E-state index contributed by atoms with van der Waals surface area (Å²) in [6, 6.07) is 8.35. The molecule has 4 aromatic rings. The number of alkyl halides is 3. The Hall–Kier alpha value is -2.91. The second-order valence-corrected chi connectivity index (χ2v) is 7.90. The van der Waals surface area contributed by atoms with Gasteiger partial charge in [-0.3, -0.25) is 9.69 Å². The lowest BCUT2D eigenvalue weighted by atomic mass is 10.1. The minimum atomic E-state index is -4.36. The SMILES string of the molecule is C[C@@H](c1nc2scc(-c3ccco3)c2c(=O)[nH]1)N(C)Cc1ccc(C(F)(F)F)cc1. The lowest BCUT2D eigenvalue weighted by Gasteiger charge is -2.24. The van der Waals surface area contributed by atoms with E-state index in [0.717, 1.165) is 17.7 Å². The standard InChI is InChI=1S/C21H18F3N3O2S/c1-12(27(2)10-13-5-7-14(8-6-13)21(22,23)24)18-25-19(28)17-15(11-30-20(17)26-18)16-4-3-9-29-16/h3-9,11-12H,10H2,1-2H3,(H,25,26,28)/t12-/m0/s1. The smallest absolute Gasteiger partial charge is 0.416 e. The number of nitrogens with zero attached hydrogens (tertiary/aromatic N) is 2. The van der Waals surface area contributed by atoms with Crippen molar-refractivity contribution in [2.24, 2.45) is 0 Å². The molecular formula is C21H18F3N3O2S. The summed E-state index contributed by atoms with van der Waals surface area (Å²) in [5, 5.41) is 2.32. The molecular weight excluding hydrogens is 415 g/mol. The van der Waals surface area contributed by atoms with Gasteiger partial charge in [-0.05, 0) is 43.8 Å². The number of furan rings is 1. The van der Waals surface area contributed by atoms with Crippen LogP contribution >= 0.6 is 11.3 Å². The zero-order chi connectivity index (χ0) is 21.5. The third-order valence-corrected chi connectivity index (χ3v) is 5.89. The molecule has 0 aliphatic carbocycles. The molecule has 1 atom stereocenters. The van der Waals surface area contributed by atoms with Crippen LogP contribution in [-0.4, -0.2) is 21.9 Å². The number of H-pyrrole nitrogens is 1. The molecule has 0 saturated heterocycles. The van der Waals surface area contributed by atoms with Gasteiger partial charge in [0.25, 0.3) is 5.56 Å². The molecule has 9 heteroatoms. The lowest BCUT2D eigenvalue weighted by Crippen LogP contribution is -2.25.